The second-order valence-electron chi connectivity index (χ2n) is 7.72. The Morgan fingerprint density at radius 1 is 0.536 bits per heavy atom. The topological polar surface area (TPSA) is 18.5 Å². The quantitative estimate of drug-likeness (QED) is 0.479. The first-order chi connectivity index (χ1) is 13.3. The van der Waals surface area contributed by atoms with Crippen molar-refractivity contribution in [2.45, 2.75) is 40.5 Å². The van der Waals surface area contributed by atoms with Gasteiger partial charge in [-0.25, -0.2) is 0 Å². The van der Waals surface area contributed by atoms with Crippen LogP contribution in [0.25, 0.3) is 0 Å². The van der Waals surface area contributed by atoms with Gasteiger partial charge in [-0.2, -0.15) is 0 Å². The van der Waals surface area contributed by atoms with E-state index in [4.69, 9.17) is 9.47 Å². The van der Waals surface area contributed by atoms with E-state index in [1.54, 1.807) is 14.2 Å². The van der Waals surface area contributed by atoms with Gasteiger partial charge < -0.3 is 9.47 Å². The summed E-state index contributed by atoms with van der Waals surface area (Å²) in [6, 6.07) is 17.6. The highest BCUT2D eigenvalue weighted by molar-refractivity contribution is 5.57. The van der Waals surface area contributed by atoms with Crippen LogP contribution in [0.3, 0.4) is 0 Å². The average Bonchev–Trinajstić information content (AvgIpc) is 2.68. The van der Waals surface area contributed by atoms with Crippen LogP contribution in [-0.2, 0) is 0 Å². The lowest BCUT2D eigenvalue weighted by Crippen LogP contribution is -2.10. The molecule has 3 aromatic rings. The molecule has 3 rings (SSSR count). The number of hydrogen-bond acceptors (Lipinski definition) is 2. The van der Waals surface area contributed by atoms with Crippen molar-refractivity contribution in [2.75, 3.05) is 14.2 Å². The molecule has 146 valence electrons. The standard InChI is InChI=1S/C26H30O2/c1-16-8-10-18(3)21(12-16)26(22-13-17(2)9-11-19(22)4)23-15-24(27-6)20(5)14-25(23)28-7/h8-15,26H,1-7H3. The molecule has 0 aromatic heterocycles. The highest BCUT2D eigenvalue weighted by Crippen LogP contribution is 2.42. The number of hydrogen-bond donors (Lipinski definition) is 0. The Morgan fingerprint density at radius 2 is 1.04 bits per heavy atom. The van der Waals surface area contributed by atoms with Crippen molar-refractivity contribution in [2.24, 2.45) is 0 Å². The molecular weight excluding hydrogens is 344 g/mol. The van der Waals surface area contributed by atoms with Crippen molar-refractivity contribution in [3.63, 3.8) is 0 Å². The summed E-state index contributed by atoms with van der Waals surface area (Å²) >= 11 is 0. The van der Waals surface area contributed by atoms with E-state index in [1.807, 2.05) is 0 Å². The molecule has 0 spiro atoms. The van der Waals surface area contributed by atoms with Gasteiger partial charge in [0.25, 0.3) is 0 Å². The first-order valence-corrected chi connectivity index (χ1v) is 9.72. The SMILES string of the molecule is COc1cc(C(c2cc(C)ccc2C)c2cc(C)ccc2C)c(OC)cc1C. The molecule has 0 fully saturated rings. The molecule has 0 aliphatic rings. The first kappa shape index (κ1) is 20.0. The third-order valence-electron chi connectivity index (χ3n) is 5.55. The smallest absolute Gasteiger partial charge is 0.123 e. The second kappa shape index (κ2) is 8.10. The molecule has 0 amide bonds. The van der Waals surface area contributed by atoms with E-state index in [1.165, 1.54) is 33.4 Å². The summed E-state index contributed by atoms with van der Waals surface area (Å²) < 4.78 is 11.5. The van der Waals surface area contributed by atoms with Crippen LogP contribution in [-0.4, -0.2) is 14.2 Å². The predicted octanol–water partition coefficient (Wildman–Crippen LogP) is 6.43. The van der Waals surface area contributed by atoms with Crippen molar-refractivity contribution < 1.29 is 9.47 Å². The largest absolute Gasteiger partial charge is 0.496 e. The molecule has 0 radical (unpaired) electrons. The highest BCUT2D eigenvalue weighted by Gasteiger charge is 2.25. The normalized spacial score (nSPS) is 11.0. The highest BCUT2D eigenvalue weighted by atomic mass is 16.5. The average molecular weight is 375 g/mol. The number of benzene rings is 3. The van der Waals surface area contributed by atoms with Gasteiger partial charge in [0.2, 0.25) is 0 Å². The first-order valence-electron chi connectivity index (χ1n) is 9.72. The molecule has 0 N–H and O–H groups in total. The van der Waals surface area contributed by atoms with Crippen LogP contribution >= 0.6 is 0 Å². The van der Waals surface area contributed by atoms with Gasteiger partial charge in [-0.05, 0) is 74.6 Å². The molecule has 2 heteroatoms. The van der Waals surface area contributed by atoms with Crippen molar-refractivity contribution in [3.8, 4) is 11.5 Å². The van der Waals surface area contributed by atoms with Crippen LogP contribution in [0.5, 0.6) is 11.5 Å². The Labute approximate surface area is 169 Å². The predicted molar refractivity (Wildman–Crippen MR) is 117 cm³/mol. The number of aryl methyl sites for hydroxylation is 5. The minimum atomic E-state index is 0.0734. The molecule has 0 aliphatic heterocycles. The van der Waals surface area contributed by atoms with E-state index in [0.29, 0.717) is 0 Å². The van der Waals surface area contributed by atoms with Crippen LogP contribution in [0.4, 0.5) is 0 Å². The Bertz CT molecular complexity index is 950. The van der Waals surface area contributed by atoms with Crippen LogP contribution in [0, 0.1) is 34.6 Å². The van der Waals surface area contributed by atoms with Crippen LogP contribution in [0.1, 0.15) is 50.4 Å². The molecule has 0 atom stereocenters. The zero-order valence-electron chi connectivity index (χ0n) is 18.0. The fourth-order valence-corrected chi connectivity index (χ4v) is 3.94. The molecule has 0 aliphatic carbocycles. The fraction of sp³-hybridized carbons (Fsp3) is 0.308. The lowest BCUT2D eigenvalue weighted by Gasteiger charge is -2.26. The van der Waals surface area contributed by atoms with Gasteiger partial charge >= 0.3 is 0 Å². The number of rotatable bonds is 5. The van der Waals surface area contributed by atoms with Crippen LogP contribution < -0.4 is 9.47 Å². The summed E-state index contributed by atoms with van der Waals surface area (Å²) in [7, 11) is 3.47. The Hall–Kier alpha value is -2.74. The van der Waals surface area contributed by atoms with Gasteiger partial charge in [-0.3, -0.25) is 0 Å². The van der Waals surface area contributed by atoms with E-state index in [0.717, 1.165) is 22.6 Å². The van der Waals surface area contributed by atoms with E-state index in [-0.39, 0.29) is 5.92 Å². The number of ether oxygens (including phenoxy) is 2. The summed E-state index contributed by atoms with van der Waals surface area (Å²) in [6.45, 7) is 10.7. The lowest BCUT2D eigenvalue weighted by molar-refractivity contribution is 0.396. The summed E-state index contributed by atoms with van der Waals surface area (Å²) in [5, 5.41) is 0. The summed E-state index contributed by atoms with van der Waals surface area (Å²) in [4.78, 5) is 0. The van der Waals surface area contributed by atoms with E-state index in [2.05, 4.69) is 83.1 Å². The van der Waals surface area contributed by atoms with Crippen molar-refractivity contribution in [3.05, 3.63) is 93.0 Å². The molecule has 0 unspecified atom stereocenters. The van der Waals surface area contributed by atoms with Gasteiger partial charge in [-0.1, -0.05) is 47.5 Å². The maximum Gasteiger partial charge on any atom is 0.123 e. The van der Waals surface area contributed by atoms with Gasteiger partial charge in [0.05, 0.1) is 14.2 Å². The zero-order chi connectivity index (χ0) is 20.4. The maximum atomic E-state index is 5.83. The Balaban J connectivity index is 2.38. The van der Waals surface area contributed by atoms with E-state index >= 15 is 0 Å². The molecule has 0 bridgehead atoms. The third kappa shape index (κ3) is 3.77. The van der Waals surface area contributed by atoms with Gasteiger partial charge in [0, 0.05) is 11.5 Å². The minimum Gasteiger partial charge on any atom is -0.496 e. The monoisotopic (exact) mass is 374 g/mol. The molecule has 0 saturated heterocycles. The van der Waals surface area contributed by atoms with Gasteiger partial charge in [0.15, 0.2) is 0 Å². The van der Waals surface area contributed by atoms with Gasteiger partial charge in [-0.15, -0.1) is 0 Å². The molecular formula is C26H30O2. The molecule has 0 heterocycles. The number of methoxy groups -OCH3 is 2. The minimum absolute atomic E-state index is 0.0734. The summed E-state index contributed by atoms with van der Waals surface area (Å²) in [6.07, 6.45) is 0. The molecule has 28 heavy (non-hydrogen) atoms. The fourth-order valence-electron chi connectivity index (χ4n) is 3.94. The maximum absolute atomic E-state index is 5.83. The molecule has 0 saturated carbocycles. The van der Waals surface area contributed by atoms with Crippen molar-refractivity contribution in [1.29, 1.82) is 0 Å². The Kier molecular flexibility index (Phi) is 5.79. The molecule has 2 nitrogen and oxygen atoms in total. The summed E-state index contributed by atoms with van der Waals surface area (Å²) in [5.41, 5.74) is 9.88. The van der Waals surface area contributed by atoms with E-state index < -0.39 is 0 Å². The van der Waals surface area contributed by atoms with Gasteiger partial charge in [0.1, 0.15) is 11.5 Å². The lowest BCUT2D eigenvalue weighted by atomic mass is 9.79. The Morgan fingerprint density at radius 3 is 1.50 bits per heavy atom. The van der Waals surface area contributed by atoms with E-state index in [9.17, 15) is 0 Å². The van der Waals surface area contributed by atoms with Crippen LogP contribution in [0.2, 0.25) is 0 Å². The van der Waals surface area contributed by atoms with Crippen LogP contribution in [0.15, 0.2) is 48.5 Å². The second-order valence-corrected chi connectivity index (χ2v) is 7.72. The van der Waals surface area contributed by atoms with Crippen molar-refractivity contribution >= 4 is 0 Å². The molecule has 3 aromatic carbocycles. The third-order valence-corrected chi connectivity index (χ3v) is 5.55. The zero-order valence-corrected chi connectivity index (χ0v) is 18.0. The van der Waals surface area contributed by atoms with Crippen molar-refractivity contribution in [1.82, 2.24) is 0 Å². The summed E-state index contributed by atoms with van der Waals surface area (Å²) in [5.74, 6) is 1.85.